The Balaban J connectivity index is 1.50. The summed E-state index contributed by atoms with van der Waals surface area (Å²) in [4.78, 5) is 8.45. The molecule has 5 aromatic heterocycles. The minimum absolute atomic E-state index is 0.0280. The number of imidazole rings is 1. The minimum atomic E-state index is -4.28. The van der Waals surface area contributed by atoms with Crippen LogP contribution in [0.1, 0.15) is 0 Å². The molecule has 0 aliphatic carbocycles. The molecule has 13 heteroatoms. The predicted octanol–water partition coefficient (Wildman–Crippen LogP) is 3.80. The Morgan fingerprint density at radius 1 is 0.778 bits per heavy atom. The van der Waals surface area contributed by atoms with Crippen molar-refractivity contribution in [1.82, 2.24) is 33.3 Å². The van der Waals surface area contributed by atoms with E-state index in [1.165, 1.54) is 28.9 Å². The molecule has 6 aromatic rings. The number of nitrogens with zero attached hydrogens (tertiary/aromatic N) is 7. The summed E-state index contributed by atoms with van der Waals surface area (Å²) in [5.41, 5.74) is 2.54. The SMILES string of the molecule is Cn1cc(-c2cnc3cnn(S(=O)(=O)c4cnc5ccc(-c6cc(F)c(F)c(F)c6)cn45)c3c2)cn1. The molecule has 0 aliphatic heterocycles. The van der Waals surface area contributed by atoms with Crippen LogP contribution in [-0.2, 0) is 17.1 Å². The molecule has 0 aliphatic rings. The van der Waals surface area contributed by atoms with Gasteiger partial charge in [0.25, 0.3) is 0 Å². The van der Waals surface area contributed by atoms with Crippen LogP contribution in [0.3, 0.4) is 0 Å². The normalized spacial score (nSPS) is 12.1. The standard InChI is InChI=1S/C23H14F3N7O2S/c1-31-11-16(8-29-31)15-6-20-19(27-7-15)9-30-33(20)36(34,35)22-10-28-21-3-2-13(12-32(21)22)14-4-17(24)23(26)18(25)5-14/h2-12H,1H3. The van der Waals surface area contributed by atoms with Crippen molar-refractivity contribution in [3.63, 3.8) is 0 Å². The number of halogens is 3. The summed E-state index contributed by atoms with van der Waals surface area (Å²) >= 11 is 0. The highest BCUT2D eigenvalue weighted by atomic mass is 32.2. The van der Waals surface area contributed by atoms with Gasteiger partial charge < -0.3 is 0 Å². The van der Waals surface area contributed by atoms with E-state index in [4.69, 9.17) is 0 Å². The smallest absolute Gasteiger partial charge is 0.288 e. The van der Waals surface area contributed by atoms with Crippen molar-refractivity contribution in [1.29, 1.82) is 0 Å². The van der Waals surface area contributed by atoms with Crippen LogP contribution in [0.4, 0.5) is 13.2 Å². The third kappa shape index (κ3) is 3.35. The second-order valence-electron chi connectivity index (χ2n) is 8.02. The van der Waals surface area contributed by atoms with E-state index >= 15 is 0 Å². The number of rotatable bonds is 4. The van der Waals surface area contributed by atoms with Gasteiger partial charge in [0, 0.05) is 36.8 Å². The van der Waals surface area contributed by atoms with E-state index < -0.39 is 27.5 Å². The van der Waals surface area contributed by atoms with Gasteiger partial charge in [-0.15, -0.1) is 0 Å². The van der Waals surface area contributed by atoms with Crippen molar-refractivity contribution in [3.8, 4) is 22.3 Å². The number of hydrogen-bond donors (Lipinski definition) is 0. The maximum Gasteiger partial charge on any atom is 0.301 e. The van der Waals surface area contributed by atoms with E-state index in [0.717, 1.165) is 28.0 Å². The second kappa shape index (κ2) is 7.75. The zero-order valence-corrected chi connectivity index (χ0v) is 19.2. The summed E-state index contributed by atoms with van der Waals surface area (Å²) in [5, 5.41) is 7.93. The van der Waals surface area contributed by atoms with Gasteiger partial charge in [-0.05, 0) is 41.5 Å². The highest BCUT2D eigenvalue weighted by molar-refractivity contribution is 7.90. The molecule has 0 radical (unpaired) electrons. The fraction of sp³-hybridized carbons (Fsp3) is 0.0435. The molecule has 0 saturated carbocycles. The van der Waals surface area contributed by atoms with E-state index in [1.807, 2.05) is 0 Å². The summed E-state index contributed by atoms with van der Waals surface area (Å²) in [6, 6.07) is 6.28. The Morgan fingerprint density at radius 2 is 1.56 bits per heavy atom. The molecule has 5 heterocycles. The zero-order chi connectivity index (χ0) is 25.2. The molecule has 0 saturated heterocycles. The lowest BCUT2D eigenvalue weighted by atomic mass is 10.1. The van der Waals surface area contributed by atoms with E-state index in [-0.39, 0.29) is 27.3 Å². The molecule has 0 atom stereocenters. The van der Waals surface area contributed by atoms with Crippen molar-refractivity contribution < 1.29 is 21.6 Å². The van der Waals surface area contributed by atoms with Crippen molar-refractivity contribution in [2.24, 2.45) is 7.05 Å². The first kappa shape index (κ1) is 22.0. The molecule has 0 unspecified atom stereocenters. The topological polar surface area (TPSA) is 100.0 Å². The summed E-state index contributed by atoms with van der Waals surface area (Å²) < 4.78 is 72.0. The predicted molar refractivity (Wildman–Crippen MR) is 123 cm³/mol. The summed E-state index contributed by atoms with van der Waals surface area (Å²) in [7, 11) is -2.52. The van der Waals surface area contributed by atoms with Gasteiger partial charge in [-0.1, -0.05) is 0 Å². The first-order valence-electron chi connectivity index (χ1n) is 10.4. The lowest BCUT2D eigenvalue weighted by Gasteiger charge is -2.08. The number of hydrogen-bond acceptors (Lipinski definition) is 6. The highest BCUT2D eigenvalue weighted by Crippen LogP contribution is 2.28. The van der Waals surface area contributed by atoms with E-state index in [0.29, 0.717) is 11.1 Å². The van der Waals surface area contributed by atoms with Crippen LogP contribution < -0.4 is 0 Å². The van der Waals surface area contributed by atoms with Crippen LogP contribution in [0.15, 0.2) is 72.5 Å². The van der Waals surface area contributed by atoms with E-state index in [1.54, 1.807) is 36.4 Å². The van der Waals surface area contributed by atoms with Gasteiger partial charge >= 0.3 is 10.0 Å². The maximum atomic E-state index is 13.8. The second-order valence-corrected chi connectivity index (χ2v) is 9.73. The Kier molecular flexibility index (Phi) is 4.73. The molecule has 0 fully saturated rings. The molecule has 0 N–H and O–H groups in total. The lowest BCUT2D eigenvalue weighted by molar-refractivity contribution is 0.447. The highest BCUT2D eigenvalue weighted by Gasteiger charge is 2.26. The molecule has 1 aromatic carbocycles. The molecule has 6 rings (SSSR count). The van der Waals surface area contributed by atoms with Crippen LogP contribution in [0, 0.1) is 17.5 Å². The first-order chi connectivity index (χ1) is 17.2. The van der Waals surface area contributed by atoms with E-state index in [9.17, 15) is 21.6 Å². The Bertz CT molecular complexity index is 1900. The van der Waals surface area contributed by atoms with Gasteiger partial charge in [0.1, 0.15) is 16.7 Å². The van der Waals surface area contributed by atoms with Crippen LogP contribution in [0.25, 0.3) is 38.9 Å². The Hall–Kier alpha value is -4.52. The van der Waals surface area contributed by atoms with Crippen LogP contribution >= 0.6 is 0 Å². The van der Waals surface area contributed by atoms with Gasteiger partial charge in [-0.25, -0.2) is 18.2 Å². The maximum absolute atomic E-state index is 13.8. The molecule has 0 spiro atoms. The number of fused-ring (bicyclic) bond motifs is 2. The average Bonchev–Trinajstić information content (AvgIpc) is 3.59. The zero-order valence-electron chi connectivity index (χ0n) is 18.3. The molecule has 0 amide bonds. The van der Waals surface area contributed by atoms with Crippen molar-refractivity contribution in [2.45, 2.75) is 5.03 Å². The van der Waals surface area contributed by atoms with Gasteiger partial charge in [0.05, 0.1) is 18.6 Å². The number of aryl methyl sites for hydroxylation is 1. The van der Waals surface area contributed by atoms with Crippen LogP contribution in [-0.4, -0.2) is 41.8 Å². The molecule has 180 valence electrons. The quantitative estimate of drug-likeness (QED) is 0.335. The lowest BCUT2D eigenvalue weighted by Crippen LogP contribution is -2.16. The fourth-order valence-electron chi connectivity index (χ4n) is 3.94. The van der Waals surface area contributed by atoms with Gasteiger partial charge in [0.2, 0.25) is 0 Å². The molecule has 36 heavy (non-hydrogen) atoms. The molecule has 9 nitrogen and oxygen atoms in total. The number of aromatic nitrogens is 7. The summed E-state index contributed by atoms with van der Waals surface area (Å²) in [6.07, 6.45) is 8.84. The van der Waals surface area contributed by atoms with Crippen LogP contribution in [0.2, 0.25) is 0 Å². The Morgan fingerprint density at radius 3 is 2.28 bits per heavy atom. The average molecular weight is 509 g/mol. The fourth-order valence-corrected chi connectivity index (χ4v) is 5.27. The number of benzene rings is 1. The molecular weight excluding hydrogens is 495 g/mol. The van der Waals surface area contributed by atoms with Gasteiger partial charge in [-0.3, -0.25) is 14.1 Å². The van der Waals surface area contributed by atoms with E-state index in [2.05, 4.69) is 20.2 Å². The van der Waals surface area contributed by atoms with Crippen molar-refractivity contribution in [3.05, 3.63) is 85.0 Å². The van der Waals surface area contributed by atoms with Gasteiger partial charge in [0.15, 0.2) is 22.5 Å². The molecule has 0 bridgehead atoms. The first-order valence-corrected chi connectivity index (χ1v) is 11.9. The van der Waals surface area contributed by atoms with Crippen LogP contribution in [0.5, 0.6) is 0 Å². The summed E-state index contributed by atoms with van der Waals surface area (Å²) in [5.74, 6) is -4.30. The largest absolute Gasteiger partial charge is 0.301 e. The van der Waals surface area contributed by atoms with Crippen molar-refractivity contribution in [2.75, 3.05) is 0 Å². The van der Waals surface area contributed by atoms with Crippen molar-refractivity contribution >= 4 is 26.7 Å². The monoisotopic (exact) mass is 509 g/mol. The summed E-state index contributed by atoms with van der Waals surface area (Å²) in [6.45, 7) is 0. The third-order valence-corrected chi connectivity index (χ3v) is 7.28. The van der Waals surface area contributed by atoms with Gasteiger partial charge in [-0.2, -0.15) is 22.7 Å². The number of pyridine rings is 2. The minimum Gasteiger partial charge on any atom is -0.288 e. The molecular formula is C23H14F3N7O2S. The Labute approximate surface area is 201 Å². The third-order valence-electron chi connectivity index (χ3n) is 5.71.